The van der Waals surface area contributed by atoms with Gasteiger partial charge >= 0.3 is 0 Å². The van der Waals surface area contributed by atoms with E-state index in [4.69, 9.17) is 0 Å². The summed E-state index contributed by atoms with van der Waals surface area (Å²) in [4.78, 5) is 15.0. The number of nitrogens with one attached hydrogen (secondary N) is 2. The summed E-state index contributed by atoms with van der Waals surface area (Å²) in [6, 6.07) is 10.3. The fourth-order valence-electron chi connectivity index (χ4n) is 2.70. The van der Waals surface area contributed by atoms with Crippen LogP contribution in [-0.2, 0) is 12.8 Å². The van der Waals surface area contributed by atoms with Crippen LogP contribution in [0.15, 0.2) is 30.3 Å². The van der Waals surface area contributed by atoms with Gasteiger partial charge in [-0.3, -0.25) is 4.79 Å². The number of fused-ring (bicyclic) bond motifs is 1. The molecule has 1 unspecified atom stereocenters. The molecule has 3 nitrogen and oxygen atoms in total. The highest BCUT2D eigenvalue weighted by Crippen LogP contribution is 2.23. The number of hydrogen-bond donors (Lipinski definition) is 2. The van der Waals surface area contributed by atoms with Gasteiger partial charge in [0.05, 0.1) is 0 Å². The van der Waals surface area contributed by atoms with Crippen LogP contribution >= 0.6 is 23.7 Å². The van der Waals surface area contributed by atoms with E-state index >= 15 is 0 Å². The van der Waals surface area contributed by atoms with Gasteiger partial charge in [-0.2, -0.15) is 0 Å². The first-order valence-corrected chi connectivity index (χ1v) is 8.16. The molecule has 0 fully saturated rings. The van der Waals surface area contributed by atoms with Crippen molar-refractivity contribution in [2.75, 3.05) is 11.9 Å². The number of halogens is 1. The van der Waals surface area contributed by atoms with Gasteiger partial charge in [0.15, 0.2) is 0 Å². The highest BCUT2D eigenvalue weighted by molar-refractivity contribution is 7.11. The van der Waals surface area contributed by atoms with E-state index in [0.717, 1.165) is 30.6 Å². The molecule has 1 aromatic carbocycles. The van der Waals surface area contributed by atoms with Gasteiger partial charge in [0.2, 0.25) is 0 Å². The lowest BCUT2D eigenvalue weighted by atomic mass is 10.1. The maximum Gasteiger partial charge on any atom is 0.251 e. The lowest BCUT2D eigenvalue weighted by Crippen LogP contribution is -2.33. The van der Waals surface area contributed by atoms with Crippen molar-refractivity contribution in [1.82, 2.24) is 5.32 Å². The number of hydrogen-bond acceptors (Lipinski definition) is 3. The third-order valence-electron chi connectivity index (χ3n) is 3.76. The van der Waals surface area contributed by atoms with Gasteiger partial charge in [-0.1, -0.05) is 0 Å². The molecule has 2 heterocycles. The van der Waals surface area contributed by atoms with E-state index in [-0.39, 0.29) is 24.4 Å². The van der Waals surface area contributed by atoms with Crippen molar-refractivity contribution in [3.8, 4) is 0 Å². The van der Waals surface area contributed by atoms with Crippen LogP contribution in [0.4, 0.5) is 5.69 Å². The molecule has 2 aromatic rings. The zero-order chi connectivity index (χ0) is 14.8. The minimum absolute atomic E-state index is 0. The Bertz CT molecular complexity index is 668. The summed E-state index contributed by atoms with van der Waals surface area (Å²) in [6.45, 7) is 5.13. The van der Waals surface area contributed by atoms with Crippen molar-refractivity contribution in [1.29, 1.82) is 0 Å². The Morgan fingerprint density at radius 1 is 1.36 bits per heavy atom. The Kier molecular flexibility index (Phi) is 5.48. The first-order chi connectivity index (χ1) is 10.1. The molecule has 2 N–H and O–H groups in total. The molecule has 1 aromatic heterocycles. The molecule has 118 valence electrons. The van der Waals surface area contributed by atoms with Crippen molar-refractivity contribution in [2.24, 2.45) is 0 Å². The maximum atomic E-state index is 12.3. The third-order valence-corrected chi connectivity index (χ3v) is 4.78. The van der Waals surface area contributed by atoms with Crippen LogP contribution in [0.25, 0.3) is 0 Å². The second kappa shape index (κ2) is 7.16. The summed E-state index contributed by atoms with van der Waals surface area (Å²) in [5, 5.41) is 6.40. The molecule has 5 heteroatoms. The van der Waals surface area contributed by atoms with E-state index in [2.05, 4.69) is 36.6 Å². The van der Waals surface area contributed by atoms with Crippen LogP contribution in [0.1, 0.15) is 32.6 Å². The molecule has 0 bridgehead atoms. The van der Waals surface area contributed by atoms with Crippen molar-refractivity contribution in [2.45, 2.75) is 32.7 Å². The number of anilines is 1. The van der Waals surface area contributed by atoms with E-state index in [9.17, 15) is 4.79 Å². The molecule has 0 saturated carbocycles. The van der Waals surface area contributed by atoms with E-state index in [1.54, 1.807) is 11.3 Å². The zero-order valence-electron chi connectivity index (χ0n) is 12.8. The average Bonchev–Trinajstić information content (AvgIpc) is 3.06. The summed E-state index contributed by atoms with van der Waals surface area (Å²) in [6.07, 6.45) is 1.89. The normalized spacial score (nSPS) is 13.7. The molecular weight excluding hydrogens is 316 g/mol. The van der Waals surface area contributed by atoms with Gasteiger partial charge in [-0.15, -0.1) is 23.7 Å². The van der Waals surface area contributed by atoms with Crippen LogP contribution in [0, 0.1) is 6.92 Å². The Morgan fingerprint density at radius 2 is 2.18 bits per heavy atom. The molecule has 0 radical (unpaired) electrons. The number of carbonyl (C=O) groups is 1. The van der Waals surface area contributed by atoms with E-state index in [0.29, 0.717) is 0 Å². The third kappa shape index (κ3) is 3.81. The maximum absolute atomic E-state index is 12.3. The topological polar surface area (TPSA) is 41.1 Å². The number of rotatable bonds is 4. The molecule has 0 spiro atoms. The zero-order valence-corrected chi connectivity index (χ0v) is 14.4. The Balaban J connectivity index is 0.00000176. The Labute approximate surface area is 141 Å². The van der Waals surface area contributed by atoms with E-state index < -0.39 is 0 Å². The highest BCUT2D eigenvalue weighted by atomic mass is 35.5. The predicted octanol–water partition coefficient (Wildman–Crippen LogP) is 3.81. The first-order valence-electron chi connectivity index (χ1n) is 7.35. The van der Waals surface area contributed by atoms with Crippen LogP contribution in [0.3, 0.4) is 0 Å². The summed E-state index contributed by atoms with van der Waals surface area (Å²) in [5.74, 6) is 0.0190. The smallest absolute Gasteiger partial charge is 0.251 e. The van der Waals surface area contributed by atoms with Crippen LogP contribution < -0.4 is 10.6 Å². The summed E-state index contributed by atoms with van der Waals surface area (Å²) >= 11 is 1.80. The van der Waals surface area contributed by atoms with Gasteiger partial charge in [0.25, 0.3) is 5.91 Å². The number of carbonyl (C=O) groups excluding carboxylic acids is 1. The fraction of sp³-hybridized carbons (Fsp3) is 0.353. The summed E-state index contributed by atoms with van der Waals surface area (Å²) < 4.78 is 0. The lowest BCUT2D eigenvalue weighted by molar-refractivity contribution is 0.0940. The molecule has 22 heavy (non-hydrogen) atoms. The summed E-state index contributed by atoms with van der Waals surface area (Å²) in [5.41, 5.74) is 3.16. The van der Waals surface area contributed by atoms with Crippen LogP contribution in [0.2, 0.25) is 0 Å². The van der Waals surface area contributed by atoms with Crippen LogP contribution in [-0.4, -0.2) is 18.5 Å². The molecule has 1 amide bonds. The van der Waals surface area contributed by atoms with Gasteiger partial charge in [0, 0.05) is 40.0 Å². The minimum Gasteiger partial charge on any atom is -0.384 e. The Hall–Kier alpha value is -1.52. The monoisotopic (exact) mass is 336 g/mol. The largest absolute Gasteiger partial charge is 0.384 e. The molecule has 1 aliphatic rings. The lowest BCUT2D eigenvalue weighted by Gasteiger charge is -2.13. The van der Waals surface area contributed by atoms with Crippen molar-refractivity contribution in [3.63, 3.8) is 0 Å². The van der Waals surface area contributed by atoms with E-state index in [1.807, 2.05) is 18.2 Å². The van der Waals surface area contributed by atoms with Gasteiger partial charge in [0.1, 0.15) is 0 Å². The molecule has 0 saturated heterocycles. The quantitative estimate of drug-likeness (QED) is 0.891. The minimum atomic E-state index is 0. The number of benzene rings is 1. The molecule has 3 rings (SSSR count). The standard InChI is InChI=1S/C17H20N2OS.ClH/c1-11(9-15-5-3-12(2)21-15)19-17(20)14-4-6-16-13(10-14)7-8-18-16;/h3-6,10-11,18H,7-9H2,1-2H3,(H,19,20);1H. The number of thiophene rings is 1. The van der Waals surface area contributed by atoms with Gasteiger partial charge < -0.3 is 10.6 Å². The van der Waals surface area contributed by atoms with E-state index in [1.165, 1.54) is 15.3 Å². The SMILES string of the molecule is Cc1ccc(CC(C)NC(=O)c2ccc3c(c2)CCN3)s1.Cl. The van der Waals surface area contributed by atoms with Gasteiger partial charge in [-0.05, 0) is 56.2 Å². The average molecular weight is 337 g/mol. The number of amides is 1. The fourth-order valence-corrected chi connectivity index (χ4v) is 3.72. The summed E-state index contributed by atoms with van der Waals surface area (Å²) in [7, 11) is 0. The van der Waals surface area contributed by atoms with Crippen molar-refractivity contribution in [3.05, 3.63) is 51.2 Å². The molecule has 1 atom stereocenters. The second-order valence-corrected chi connectivity index (χ2v) is 7.01. The predicted molar refractivity (Wildman–Crippen MR) is 95.6 cm³/mol. The molecular formula is C17H21ClN2OS. The highest BCUT2D eigenvalue weighted by Gasteiger charge is 2.15. The molecule has 1 aliphatic heterocycles. The van der Waals surface area contributed by atoms with Crippen LogP contribution in [0.5, 0.6) is 0 Å². The van der Waals surface area contributed by atoms with Crippen molar-refractivity contribution >= 4 is 35.3 Å². The first kappa shape index (κ1) is 16.8. The van der Waals surface area contributed by atoms with Gasteiger partial charge in [-0.25, -0.2) is 0 Å². The van der Waals surface area contributed by atoms with Crippen molar-refractivity contribution < 1.29 is 4.79 Å². The number of aryl methyl sites for hydroxylation is 1. The molecule has 0 aliphatic carbocycles. The second-order valence-electron chi connectivity index (χ2n) is 5.64. The Morgan fingerprint density at radius 3 is 2.91 bits per heavy atom.